The fourth-order valence-electron chi connectivity index (χ4n) is 2.01. The van der Waals surface area contributed by atoms with Crippen molar-refractivity contribution < 1.29 is 19.4 Å². The minimum absolute atomic E-state index is 0.0742. The van der Waals surface area contributed by atoms with Crippen LogP contribution in [0.15, 0.2) is 18.2 Å². The molecule has 0 bridgehead atoms. The summed E-state index contributed by atoms with van der Waals surface area (Å²) >= 11 is 0. The van der Waals surface area contributed by atoms with Gasteiger partial charge in [-0.05, 0) is 43.0 Å². The first-order valence-corrected chi connectivity index (χ1v) is 5.80. The Bertz CT molecular complexity index is 414. The zero-order valence-electron chi connectivity index (χ0n) is 9.81. The van der Waals surface area contributed by atoms with Crippen LogP contribution in [0.3, 0.4) is 0 Å². The smallest absolute Gasteiger partial charge is 0.344 e. The van der Waals surface area contributed by atoms with Crippen molar-refractivity contribution in [1.29, 1.82) is 0 Å². The van der Waals surface area contributed by atoms with Crippen molar-refractivity contribution in [2.45, 2.75) is 25.9 Å². The Balaban J connectivity index is 1.97. The largest absolute Gasteiger partial charge is 0.482 e. The number of rotatable bonds is 4. The standard InChI is InChI=1S/C13H16O4/c1-2-16-13(15)8-17-10-4-5-11-9(7-10)3-6-12(11)14/h4-5,7,12,14H,2-3,6,8H2,1H3/t12-/m1/s1. The Morgan fingerprint density at radius 1 is 1.53 bits per heavy atom. The lowest BCUT2D eigenvalue weighted by Crippen LogP contribution is -2.14. The summed E-state index contributed by atoms with van der Waals surface area (Å²) in [7, 11) is 0. The fraction of sp³-hybridized carbons (Fsp3) is 0.462. The number of benzene rings is 1. The first-order valence-electron chi connectivity index (χ1n) is 5.80. The van der Waals surface area contributed by atoms with Gasteiger partial charge in [0, 0.05) is 0 Å². The lowest BCUT2D eigenvalue weighted by atomic mass is 10.1. The molecule has 0 fully saturated rings. The zero-order valence-corrected chi connectivity index (χ0v) is 9.81. The molecule has 0 saturated heterocycles. The molecule has 1 aromatic rings. The molecule has 0 aromatic heterocycles. The number of esters is 1. The third-order valence-corrected chi connectivity index (χ3v) is 2.82. The number of hydrogen-bond donors (Lipinski definition) is 1. The van der Waals surface area contributed by atoms with Crippen LogP contribution in [0.4, 0.5) is 0 Å². The van der Waals surface area contributed by atoms with Crippen LogP contribution in [0.2, 0.25) is 0 Å². The Labute approximate surface area is 100 Å². The quantitative estimate of drug-likeness (QED) is 0.807. The van der Waals surface area contributed by atoms with Crippen LogP contribution in [0, 0.1) is 0 Å². The van der Waals surface area contributed by atoms with E-state index in [0.717, 1.165) is 24.0 Å². The van der Waals surface area contributed by atoms with Crippen LogP contribution in [-0.2, 0) is 16.0 Å². The summed E-state index contributed by atoms with van der Waals surface area (Å²) in [5.74, 6) is 0.277. The second-order valence-electron chi connectivity index (χ2n) is 4.01. The Morgan fingerprint density at radius 3 is 3.12 bits per heavy atom. The van der Waals surface area contributed by atoms with Gasteiger partial charge in [-0.3, -0.25) is 0 Å². The molecule has 0 aliphatic heterocycles. The van der Waals surface area contributed by atoms with Gasteiger partial charge in [-0.1, -0.05) is 6.07 Å². The molecule has 1 aliphatic rings. The van der Waals surface area contributed by atoms with Crippen molar-refractivity contribution in [3.8, 4) is 5.75 Å². The Hall–Kier alpha value is -1.55. The molecule has 0 unspecified atom stereocenters. The Kier molecular flexibility index (Phi) is 3.64. The van der Waals surface area contributed by atoms with Crippen molar-refractivity contribution >= 4 is 5.97 Å². The van der Waals surface area contributed by atoms with Gasteiger partial charge in [0.25, 0.3) is 0 Å². The number of carbonyl (C=O) groups is 1. The third-order valence-electron chi connectivity index (χ3n) is 2.82. The van der Waals surface area contributed by atoms with E-state index in [4.69, 9.17) is 9.47 Å². The van der Waals surface area contributed by atoms with Crippen molar-refractivity contribution in [3.05, 3.63) is 29.3 Å². The number of fused-ring (bicyclic) bond motifs is 1. The van der Waals surface area contributed by atoms with E-state index in [2.05, 4.69) is 0 Å². The molecule has 1 N–H and O–H groups in total. The average Bonchev–Trinajstić information content (AvgIpc) is 2.69. The number of aliphatic hydroxyl groups excluding tert-OH is 1. The predicted octanol–water partition coefficient (Wildman–Crippen LogP) is 1.61. The maximum Gasteiger partial charge on any atom is 0.344 e. The van der Waals surface area contributed by atoms with Gasteiger partial charge in [0.1, 0.15) is 5.75 Å². The second-order valence-corrected chi connectivity index (χ2v) is 4.01. The van der Waals surface area contributed by atoms with Crippen LogP contribution < -0.4 is 4.74 Å². The third kappa shape index (κ3) is 2.77. The van der Waals surface area contributed by atoms with Crippen molar-refractivity contribution in [3.63, 3.8) is 0 Å². The highest BCUT2D eigenvalue weighted by atomic mass is 16.6. The highest BCUT2D eigenvalue weighted by Gasteiger charge is 2.20. The molecule has 0 saturated carbocycles. The van der Waals surface area contributed by atoms with Gasteiger partial charge in [0.15, 0.2) is 6.61 Å². The van der Waals surface area contributed by atoms with E-state index in [1.807, 2.05) is 12.1 Å². The SMILES string of the molecule is CCOC(=O)COc1ccc2c(c1)CC[C@H]2O. The zero-order chi connectivity index (χ0) is 12.3. The van der Waals surface area contributed by atoms with Crippen LogP contribution in [0.5, 0.6) is 5.75 Å². The van der Waals surface area contributed by atoms with Gasteiger partial charge in [-0.2, -0.15) is 0 Å². The average molecular weight is 236 g/mol. The van der Waals surface area contributed by atoms with Crippen LogP contribution in [-0.4, -0.2) is 24.3 Å². The number of ether oxygens (including phenoxy) is 2. The summed E-state index contributed by atoms with van der Waals surface area (Å²) in [6, 6.07) is 5.50. The minimum Gasteiger partial charge on any atom is -0.482 e. The molecule has 1 aromatic carbocycles. The number of aryl methyl sites for hydroxylation is 1. The molecule has 0 amide bonds. The van der Waals surface area contributed by atoms with E-state index in [9.17, 15) is 9.90 Å². The van der Waals surface area contributed by atoms with E-state index in [-0.39, 0.29) is 18.7 Å². The molecule has 4 nitrogen and oxygen atoms in total. The lowest BCUT2D eigenvalue weighted by Gasteiger charge is -2.08. The molecule has 92 valence electrons. The predicted molar refractivity (Wildman–Crippen MR) is 61.9 cm³/mol. The summed E-state index contributed by atoms with van der Waals surface area (Å²) in [6.07, 6.45) is 1.26. The van der Waals surface area contributed by atoms with Crippen LogP contribution >= 0.6 is 0 Å². The van der Waals surface area contributed by atoms with Gasteiger partial charge in [-0.25, -0.2) is 4.79 Å². The monoisotopic (exact) mass is 236 g/mol. The van der Waals surface area contributed by atoms with Gasteiger partial charge >= 0.3 is 5.97 Å². The molecular formula is C13H16O4. The summed E-state index contributed by atoms with van der Waals surface area (Å²) < 4.78 is 10.1. The maximum atomic E-state index is 11.1. The first-order chi connectivity index (χ1) is 8.20. The highest BCUT2D eigenvalue weighted by Crippen LogP contribution is 2.33. The number of carbonyl (C=O) groups excluding carboxylic acids is 1. The number of aliphatic hydroxyl groups is 1. The van der Waals surface area contributed by atoms with Crippen LogP contribution in [0.1, 0.15) is 30.6 Å². The summed E-state index contributed by atoms with van der Waals surface area (Å²) in [6.45, 7) is 2.04. The molecule has 17 heavy (non-hydrogen) atoms. The van der Waals surface area contributed by atoms with E-state index in [0.29, 0.717) is 12.4 Å². The van der Waals surface area contributed by atoms with Gasteiger partial charge < -0.3 is 14.6 Å². The molecule has 0 heterocycles. The van der Waals surface area contributed by atoms with E-state index in [1.165, 1.54) is 0 Å². The molecule has 2 rings (SSSR count). The summed E-state index contributed by atoms with van der Waals surface area (Å²) in [5, 5.41) is 9.65. The fourth-order valence-corrected chi connectivity index (χ4v) is 2.01. The lowest BCUT2D eigenvalue weighted by molar-refractivity contribution is -0.145. The summed E-state index contributed by atoms with van der Waals surface area (Å²) in [4.78, 5) is 11.1. The van der Waals surface area contributed by atoms with Gasteiger partial charge in [0.05, 0.1) is 12.7 Å². The van der Waals surface area contributed by atoms with E-state index >= 15 is 0 Å². The normalized spacial score (nSPS) is 17.6. The highest BCUT2D eigenvalue weighted by molar-refractivity contribution is 5.71. The first kappa shape index (κ1) is 11.9. The molecule has 0 radical (unpaired) electrons. The Morgan fingerprint density at radius 2 is 2.35 bits per heavy atom. The second kappa shape index (κ2) is 5.19. The molecule has 0 spiro atoms. The molecular weight excluding hydrogens is 220 g/mol. The van der Waals surface area contributed by atoms with Gasteiger partial charge in [-0.15, -0.1) is 0 Å². The topological polar surface area (TPSA) is 55.8 Å². The maximum absolute atomic E-state index is 11.1. The van der Waals surface area contributed by atoms with Crippen molar-refractivity contribution in [2.24, 2.45) is 0 Å². The summed E-state index contributed by atoms with van der Waals surface area (Å²) in [5.41, 5.74) is 2.06. The molecule has 1 atom stereocenters. The number of hydrogen-bond acceptors (Lipinski definition) is 4. The molecule has 1 aliphatic carbocycles. The van der Waals surface area contributed by atoms with Crippen LogP contribution in [0.25, 0.3) is 0 Å². The van der Waals surface area contributed by atoms with Crippen molar-refractivity contribution in [1.82, 2.24) is 0 Å². The van der Waals surface area contributed by atoms with Gasteiger partial charge in [0.2, 0.25) is 0 Å². The van der Waals surface area contributed by atoms with E-state index in [1.54, 1.807) is 13.0 Å². The molecule has 4 heteroatoms. The van der Waals surface area contributed by atoms with E-state index < -0.39 is 0 Å². The minimum atomic E-state index is -0.368. The van der Waals surface area contributed by atoms with Crippen molar-refractivity contribution in [2.75, 3.05) is 13.2 Å².